The van der Waals surface area contributed by atoms with E-state index in [0.717, 1.165) is 17.7 Å². The molecule has 2 nitrogen and oxygen atoms in total. The minimum absolute atomic E-state index is 0.0318. The lowest BCUT2D eigenvalue weighted by molar-refractivity contribution is -0.137. The number of nitrogens with one attached hydrogen (secondary N) is 1. The first-order valence-corrected chi connectivity index (χ1v) is 6.89. The molecule has 1 amide bonds. The minimum Gasteiger partial charge on any atom is -0.346 e. The second kappa shape index (κ2) is 6.40. The van der Waals surface area contributed by atoms with Gasteiger partial charge >= 0.3 is 6.18 Å². The molecule has 0 saturated carbocycles. The first-order valence-electron chi connectivity index (χ1n) is 6.51. The molecule has 2 aromatic rings. The Morgan fingerprint density at radius 3 is 2.36 bits per heavy atom. The minimum atomic E-state index is -4.47. The maximum Gasteiger partial charge on any atom is 0.416 e. The molecule has 0 unspecified atom stereocenters. The van der Waals surface area contributed by atoms with Crippen molar-refractivity contribution in [3.63, 3.8) is 0 Å². The molecule has 0 bridgehead atoms. The lowest BCUT2D eigenvalue weighted by Gasteiger charge is -2.15. The van der Waals surface area contributed by atoms with Crippen LogP contribution >= 0.6 is 11.6 Å². The normalized spacial score (nSPS) is 12.8. The molecule has 1 atom stereocenters. The van der Waals surface area contributed by atoms with E-state index in [4.69, 9.17) is 11.6 Å². The Bertz CT molecular complexity index is 668. The van der Waals surface area contributed by atoms with Gasteiger partial charge in [0, 0.05) is 10.6 Å². The summed E-state index contributed by atoms with van der Waals surface area (Å²) < 4.78 is 38.0. The Morgan fingerprint density at radius 2 is 1.77 bits per heavy atom. The molecule has 0 heterocycles. The SMILES string of the molecule is C[C@H](NC(=O)c1cccc(C(F)(F)F)c1)c1ccc(Cl)cc1. The topological polar surface area (TPSA) is 29.1 Å². The Balaban J connectivity index is 2.13. The van der Waals surface area contributed by atoms with Crippen LogP contribution in [0.1, 0.15) is 34.5 Å². The molecule has 0 aliphatic carbocycles. The van der Waals surface area contributed by atoms with E-state index in [9.17, 15) is 18.0 Å². The van der Waals surface area contributed by atoms with Crippen LogP contribution in [-0.2, 0) is 6.18 Å². The summed E-state index contributed by atoms with van der Waals surface area (Å²) in [6.07, 6.45) is -4.47. The smallest absolute Gasteiger partial charge is 0.346 e. The number of carbonyl (C=O) groups is 1. The van der Waals surface area contributed by atoms with Crippen LogP contribution in [0, 0.1) is 0 Å². The Hall–Kier alpha value is -2.01. The van der Waals surface area contributed by atoms with Crippen molar-refractivity contribution in [3.05, 3.63) is 70.2 Å². The van der Waals surface area contributed by atoms with E-state index in [1.807, 2.05) is 0 Å². The van der Waals surface area contributed by atoms with Crippen LogP contribution in [0.5, 0.6) is 0 Å². The number of carbonyl (C=O) groups excluding carboxylic acids is 1. The van der Waals surface area contributed by atoms with Crippen molar-refractivity contribution < 1.29 is 18.0 Å². The zero-order valence-electron chi connectivity index (χ0n) is 11.6. The second-order valence-corrected chi connectivity index (χ2v) is 5.26. The van der Waals surface area contributed by atoms with E-state index in [1.54, 1.807) is 31.2 Å². The molecule has 6 heteroatoms. The van der Waals surface area contributed by atoms with Gasteiger partial charge in [-0.05, 0) is 42.8 Å². The van der Waals surface area contributed by atoms with Gasteiger partial charge in [0.2, 0.25) is 0 Å². The van der Waals surface area contributed by atoms with Crippen LogP contribution in [0.15, 0.2) is 48.5 Å². The number of benzene rings is 2. The Kier molecular flexibility index (Phi) is 4.76. The molecule has 0 aromatic heterocycles. The molecule has 22 heavy (non-hydrogen) atoms. The summed E-state index contributed by atoms with van der Waals surface area (Å²) in [4.78, 5) is 12.1. The van der Waals surface area contributed by atoms with Crippen LogP contribution in [0.3, 0.4) is 0 Å². The van der Waals surface area contributed by atoms with Gasteiger partial charge in [0.05, 0.1) is 11.6 Å². The van der Waals surface area contributed by atoms with Gasteiger partial charge in [-0.25, -0.2) is 0 Å². The van der Waals surface area contributed by atoms with Crippen molar-refractivity contribution >= 4 is 17.5 Å². The van der Waals surface area contributed by atoms with Crippen molar-refractivity contribution in [3.8, 4) is 0 Å². The number of hydrogen-bond acceptors (Lipinski definition) is 1. The largest absolute Gasteiger partial charge is 0.416 e. The quantitative estimate of drug-likeness (QED) is 0.858. The van der Waals surface area contributed by atoms with Crippen molar-refractivity contribution in [2.75, 3.05) is 0 Å². The highest BCUT2D eigenvalue weighted by Gasteiger charge is 2.30. The molecular weight excluding hydrogens is 315 g/mol. The molecule has 2 rings (SSSR count). The number of hydrogen-bond donors (Lipinski definition) is 1. The predicted molar refractivity (Wildman–Crippen MR) is 78.8 cm³/mol. The highest BCUT2D eigenvalue weighted by Crippen LogP contribution is 2.29. The molecule has 0 aliphatic rings. The van der Waals surface area contributed by atoms with Gasteiger partial charge in [-0.2, -0.15) is 13.2 Å². The van der Waals surface area contributed by atoms with Gasteiger partial charge in [0.1, 0.15) is 0 Å². The summed E-state index contributed by atoms with van der Waals surface area (Å²) in [5.74, 6) is -0.562. The first-order chi connectivity index (χ1) is 10.3. The summed E-state index contributed by atoms with van der Waals surface area (Å²) in [6.45, 7) is 1.74. The van der Waals surface area contributed by atoms with E-state index in [0.29, 0.717) is 5.02 Å². The van der Waals surface area contributed by atoms with Gasteiger partial charge in [0.25, 0.3) is 5.91 Å². The number of halogens is 4. The summed E-state index contributed by atoms with van der Waals surface area (Å²) in [5, 5.41) is 3.23. The molecule has 116 valence electrons. The molecule has 0 fully saturated rings. The molecule has 0 aliphatic heterocycles. The average Bonchev–Trinajstić information content (AvgIpc) is 2.47. The monoisotopic (exact) mass is 327 g/mol. The summed E-state index contributed by atoms with van der Waals surface area (Å²) in [6, 6.07) is 10.8. The van der Waals surface area contributed by atoms with Crippen molar-refractivity contribution in [2.24, 2.45) is 0 Å². The van der Waals surface area contributed by atoms with Gasteiger partial charge in [-0.1, -0.05) is 29.8 Å². The molecular formula is C16H13ClF3NO. The Labute approximate surface area is 130 Å². The summed E-state index contributed by atoms with van der Waals surface area (Å²) >= 11 is 5.78. The highest BCUT2D eigenvalue weighted by atomic mass is 35.5. The first kappa shape index (κ1) is 16.4. The van der Waals surface area contributed by atoms with Gasteiger partial charge < -0.3 is 5.32 Å². The maximum atomic E-state index is 12.7. The molecule has 1 N–H and O–H groups in total. The average molecular weight is 328 g/mol. The Morgan fingerprint density at radius 1 is 1.14 bits per heavy atom. The van der Waals surface area contributed by atoms with E-state index in [2.05, 4.69) is 5.32 Å². The van der Waals surface area contributed by atoms with E-state index in [1.165, 1.54) is 12.1 Å². The lowest BCUT2D eigenvalue weighted by atomic mass is 10.1. The van der Waals surface area contributed by atoms with Crippen molar-refractivity contribution in [1.82, 2.24) is 5.32 Å². The predicted octanol–water partition coefficient (Wildman–Crippen LogP) is 4.85. The van der Waals surface area contributed by atoms with Crippen molar-refractivity contribution in [1.29, 1.82) is 0 Å². The van der Waals surface area contributed by atoms with Crippen LogP contribution in [0.2, 0.25) is 5.02 Å². The van der Waals surface area contributed by atoms with Gasteiger partial charge in [-0.3, -0.25) is 4.79 Å². The second-order valence-electron chi connectivity index (χ2n) is 4.83. The molecule has 0 saturated heterocycles. The molecule has 0 spiro atoms. The summed E-state index contributed by atoms with van der Waals surface area (Å²) in [5.41, 5.74) is -0.0698. The standard InChI is InChI=1S/C16H13ClF3NO/c1-10(11-5-7-14(17)8-6-11)21-15(22)12-3-2-4-13(9-12)16(18,19)20/h2-10H,1H3,(H,21,22)/t10-/m0/s1. The zero-order valence-corrected chi connectivity index (χ0v) is 12.4. The number of amides is 1. The fourth-order valence-corrected chi connectivity index (χ4v) is 2.08. The van der Waals surface area contributed by atoms with Gasteiger partial charge in [0.15, 0.2) is 0 Å². The summed E-state index contributed by atoms with van der Waals surface area (Å²) in [7, 11) is 0. The van der Waals surface area contributed by atoms with E-state index < -0.39 is 17.6 Å². The fraction of sp³-hybridized carbons (Fsp3) is 0.188. The van der Waals surface area contributed by atoms with Crippen LogP contribution in [0.25, 0.3) is 0 Å². The van der Waals surface area contributed by atoms with E-state index in [-0.39, 0.29) is 11.6 Å². The third-order valence-electron chi connectivity index (χ3n) is 3.17. The molecule has 2 aromatic carbocycles. The zero-order chi connectivity index (χ0) is 16.3. The van der Waals surface area contributed by atoms with Crippen LogP contribution < -0.4 is 5.32 Å². The van der Waals surface area contributed by atoms with E-state index >= 15 is 0 Å². The van der Waals surface area contributed by atoms with Crippen LogP contribution in [-0.4, -0.2) is 5.91 Å². The number of alkyl halides is 3. The fourth-order valence-electron chi connectivity index (χ4n) is 1.95. The third-order valence-corrected chi connectivity index (χ3v) is 3.42. The number of rotatable bonds is 3. The molecule has 0 radical (unpaired) electrons. The van der Waals surface area contributed by atoms with Crippen LogP contribution in [0.4, 0.5) is 13.2 Å². The van der Waals surface area contributed by atoms with Gasteiger partial charge in [-0.15, -0.1) is 0 Å². The third kappa shape index (κ3) is 4.01. The van der Waals surface area contributed by atoms with Crippen molar-refractivity contribution in [2.45, 2.75) is 19.1 Å². The maximum absolute atomic E-state index is 12.7. The lowest BCUT2D eigenvalue weighted by Crippen LogP contribution is -2.26. The highest BCUT2D eigenvalue weighted by molar-refractivity contribution is 6.30.